The van der Waals surface area contributed by atoms with E-state index in [4.69, 9.17) is 0 Å². The molecule has 0 fully saturated rings. The van der Waals surface area contributed by atoms with Gasteiger partial charge in [0, 0.05) is 32.1 Å². The lowest BCUT2D eigenvalue weighted by Crippen LogP contribution is -2.16. The van der Waals surface area contributed by atoms with Crippen molar-refractivity contribution in [3.05, 3.63) is 187 Å². The molecule has 2 heteroatoms. The van der Waals surface area contributed by atoms with Crippen LogP contribution in [0, 0.1) is 0 Å². The van der Waals surface area contributed by atoms with E-state index in [1.807, 2.05) is 11.3 Å². The van der Waals surface area contributed by atoms with Gasteiger partial charge in [-0.15, -0.1) is 11.3 Å². The zero-order chi connectivity index (χ0) is 33.0. The molecule has 1 aromatic heterocycles. The summed E-state index contributed by atoms with van der Waals surface area (Å²) >= 11 is 1.93. The minimum absolute atomic E-state index is 0.0676. The zero-order valence-corrected chi connectivity index (χ0v) is 28.4. The highest BCUT2D eigenvalue weighted by Crippen LogP contribution is 2.57. The highest BCUT2D eigenvalue weighted by molar-refractivity contribution is 7.22. The summed E-state index contributed by atoms with van der Waals surface area (Å²) < 4.78 is 1.37. The Balaban J connectivity index is 1.03. The zero-order valence-electron chi connectivity index (χ0n) is 27.6. The SMILES string of the molecule is CC1(C)c2c(-c3ccc(-c4ccc(N(c5ccccc5)c5ccc(-c6ccccc6)cc5)cc4)cc3)cccc2-c2sc3ccccc3c21. The summed E-state index contributed by atoms with van der Waals surface area (Å²) in [6.07, 6.45) is 0. The quantitative estimate of drug-likeness (QED) is 0.174. The van der Waals surface area contributed by atoms with Crippen LogP contribution >= 0.6 is 11.3 Å². The van der Waals surface area contributed by atoms with Crippen LogP contribution in [-0.2, 0) is 5.41 Å². The van der Waals surface area contributed by atoms with Crippen molar-refractivity contribution in [2.24, 2.45) is 0 Å². The molecule has 0 spiro atoms. The molecular weight excluding hydrogens is 611 g/mol. The number of hydrogen-bond donors (Lipinski definition) is 0. The lowest BCUT2D eigenvalue weighted by atomic mass is 9.78. The van der Waals surface area contributed by atoms with Gasteiger partial charge >= 0.3 is 0 Å². The number of benzene rings is 7. The summed E-state index contributed by atoms with van der Waals surface area (Å²) in [6.45, 7) is 4.79. The summed E-state index contributed by atoms with van der Waals surface area (Å²) in [5, 5.41) is 1.39. The van der Waals surface area contributed by atoms with Crippen LogP contribution in [0.3, 0.4) is 0 Å². The van der Waals surface area contributed by atoms with Gasteiger partial charge in [0.2, 0.25) is 0 Å². The van der Waals surface area contributed by atoms with E-state index in [-0.39, 0.29) is 5.41 Å². The van der Waals surface area contributed by atoms with Gasteiger partial charge in [-0.25, -0.2) is 0 Å². The van der Waals surface area contributed by atoms with Crippen molar-refractivity contribution in [3.8, 4) is 43.8 Å². The van der Waals surface area contributed by atoms with E-state index in [0.717, 1.165) is 17.1 Å². The maximum atomic E-state index is 2.40. The van der Waals surface area contributed by atoms with Crippen molar-refractivity contribution in [1.29, 1.82) is 0 Å². The average molecular weight is 646 g/mol. The molecule has 9 rings (SSSR count). The highest BCUT2D eigenvalue weighted by Gasteiger charge is 2.40. The number of nitrogens with zero attached hydrogens (tertiary/aromatic N) is 1. The normalized spacial score (nSPS) is 12.9. The Morgan fingerprint density at radius 2 is 0.857 bits per heavy atom. The third-order valence-corrected chi connectivity index (χ3v) is 11.3. The van der Waals surface area contributed by atoms with Crippen LogP contribution in [0.5, 0.6) is 0 Å². The number of anilines is 3. The highest BCUT2D eigenvalue weighted by atomic mass is 32.1. The number of fused-ring (bicyclic) bond motifs is 5. The number of thiophene rings is 1. The molecule has 7 aromatic carbocycles. The predicted molar refractivity (Wildman–Crippen MR) is 210 cm³/mol. The van der Waals surface area contributed by atoms with Crippen LogP contribution in [0.2, 0.25) is 0 Å². The first-order valence-corrected chi connectivity index (χ1v) is 17.8. The Hall–Kier alpha value is -5.70. The maximum absolute atomic E-state index is 2.40. The van der Waals surface area contributed by atoms with E-state index >= 15 is 0 Å². The number of rotatable bonds is 6. The lowest BCUT2D eigenvalue weighted by molar-refractivity contribution is 0.669. The van der Waals surface area contributed by atoms with Crippen molar-refractivity contribution >= 4 is 38.5 Å². The van der Waals surface area contributed by atoms with Crippen LogP contribution in [0.15, 0.2) is 176 Å². The topological polar surface area (TPSA) is 3.24 Å². The first-order valence-electron chi connectivity index (χ1n) is 16.9. The Kier molecular flexibility index (Phi) is 7.07. The molecule has 1 aliphatic rings. The van der Waals surface area contributed by atoms with Gasteiger partial charge in [0.05, 0.1) is 0 Å². The minimum Gasteiger partial charge on any atom is -0.311 e. The Morgan fingerprint density at radius 1 is 0.388 bits per heavy atom. The van der Waals surface area contributed by atoms with Crippen LogP contribution in [-0.4, -0.2) is 0 Å². The van der Waals surface area contributed by atoms with Crippen LogP contribution in [0.4, 0.5) is 17.1 Å². The molecule has 8 aromatic rings. The Morgan fingerprint density at radius 3 is 1.49 bits per heavy atom. The first-order chi connectivity index (χ1) is 24.1. The maximum Gasteiger partial charge on any atom is 0.0462 e. The summed E-state index contributed by atoms with van der Waals surface area (Å²) in [6, 6.07) is 63.8. The molecule has 1 heterocycles. The summed E-state index contributed by atoms with van der Waals surface area (Å²) in [7, 11) is 0. The predicted octanol–water partition coefficient (Wildman–Crippen LogP) is 13.7. The monoisotopic (exact) mass is 645 g/mol. The average Bonchev–Trinajstić information content (AvgIpc) is 3.66. The molecule has 49 heavy (non-hydrogen) atoms. The Bertz CT molecular complexity index is 2420. The summed E-state index contributed by atoms with van der Waals surface area (Å²) in [5.74, 6) is 0. The molecule has 0 unspecified atom stereocenters. The van der Waals surface area contributed by atoms with E-state index in [1.54, 1.807) is 0 Å². The van der Waals surface area contributed by atoms with Crippen molar-refractivity contribution in [2.75, 3.05) is 4.90 Å². The number of hydrogen-bond acceptors (Lipinski definition) is 2. The van der Waals surface area contributed by atoms with Crippen LogP contribution < -0.4 is 4.90 Å². The summed E-state index contributed by atoms with van der Waals surface area (Å²) in [5.41, 5.74) is 15.1. The van der Waals surface area contributed by atoms with E-state index < -0.39 is 0 Å². The molecule has 0 N–H and O–H groups in total. The molecule has 0 aliphatic heterocycles. The van der Waals surface area contributed by atoms with Gasteiger partial charge in [0.25, 0.3) is 0 Å². The molecule has 0 atom stereocenters. The number of para-hydroxylation sites is 1. The van der Waals surface area contributed by atoms with Crippen molar-refractivity contribution < 1.29 is 0 Å². The third-order valence-electron chi connectivity index (χ3n) is 10.1. The molecule has 1 nitrogen and oxygen atoms in total. The molecule has 0 saturated carbocycles. The molecule has 0 radical (unpaired) electrons. The van der Waals surface area contributed by atoms with Gasteiger partial charge in [-0.1, -0.05) is 147 Å². The van der Waals surface area contributed by atoms with Gasteiger partial charge < -0.3 is 4.90 Å². The smallest absolute Gasteiger partial charge is 0.0462 e. The third kappa shape index (κ3) is 4.99. The second-order valence-electron chi connectivity index (χ2n) is 13.4. The van der Waals surface area contributed by atoms with E-state index in [9.17, 15) is 0 Å². The fraction of sp³-hybridized carbons (Fsp3) is 0.0638. The van der Waals surface area contributed by atoms with Gasteiger partial charge in [-0.3, -0.25) is 0 Å². The van der Waals surface area contributed by atoms with Gasteiger partial charge in [0.1, 0.15) is 0 Å². The van der Waals surface area contributed by atoms with E-state index in [0.29, 0.717) is 0 Å². The van der Waals surface area contributed by atoms with Crippen molar-refractivity contribution in [2.45, 2.75) is 19.3 Å². The fourth-order valence-corrected chi connectivity index (χ4v) is 9.13. The molecular formula is C47H35NS. The molecule has 0 saturated heterocycles. The first kappa shape index (κ1) is 29.4. The largest absolute Gasteiger partial charge is 0.311 e. The van der Waals surface area contributed by atoms with Crippen molar-refractivity contribution in [3.63, 3.8) is 0 Å². The lowest BCUT2D eigenvalue weighted by Gasteiger charge is -2.26. The van der Waals surface area contributed by atoms with Crippen molar-refractivity contribution in [1.82, 2.24) is 0 Å². The molecule has 1 aliphatic carbocycles. The van der Waals surface area contributed by atoms with E-state index in [2.05, 4.69) is 195 Å². The molecule has 0 bridgehead atoms. The van der Waals surface area contributed by atoms with Crippen LogP contribution in [0.1, 0.15) is 25.0 Å². The Labute approximate surface area is 292 Å². The van der Waals surface area contributed by atoms with Gasteiger partial charge in [-0.2, -0.15) is 0 Å². The van der Waals surface area contributed by atoms with E-state index in [1.165, 1.54) is 65.0 Å². The molecule has 0 amide bonds. The summed E-state index contributed by atoms with van der Waals surface area (Å²) in [4.78, 5) is 3.75. The second-order valence-corrected chi connectivity index (χ2v) is 14.4. The van der Waals surface area contributed by atoms with Gasteiger partial charge in [0.15, 0.2) is 0 Å². The second kappa shape index (κ2) is 11.8. The minimum atomic E-state index is -0.0676. The van der Waals surface area contributed by atoms with Gasteiger partial charge in [-0.05, 0) is 97.9 Å². The molecule has 234 valence electrons. The standard InChI is InChI=1S/C47H35NS/c1-47(2)44-40(17-11-18-42(44)46-45(47)41-16-9-10-19-43(41)49-46)36-22-20-33(21-23-36)35-26-30-39(31-27-35)48(37-14-7-4-8-15-37)38-28-24-34(25-29-38)32-12-5-3-6-13-32/h3-31H,1-2H3. The van der Waals surface area contributed by atoms with Crippen LogP contribution in [0.25, 0.3) is 53.9 Å². The fourth-order valence-electron chi connectivity index (χ4n) is 7.74.